The maximum absolute atomic E-state index is 13.7. The van der Waals surface area contributed by atoms with Gasteiger partial charge in [0.05, 0.1) is 18.1 Å². The van der Waals surface area contributed by atoms with E-state index in [1.165, 1.54) is 18.2 Å². The van der Waals surface area contributed by atoms with Crippen LogP contribution in [-0.4, -0.2) is 32.9 Å². The van der Waals surface area contributed by atoms with E-state index in [0.717, 1.165) is 18.5 Å². The molecular weight excluding hydrogens is 356 g/mol. The van der Waals surface area contributed by atoms with Gasteiger partial charge >= 0.3 is 0 Å². The van der Waals surface area contributed by atoms with Crippen LogP contribution in [0.25, 0.3) is 0 Å². The van der Waals surface area contributed by atoms with Crippen molar-refractivity contribution in [2.45, 2.75) is 30.8 Å². The van der Waals surface area contributed by atoms with E-state index in [4.69, 9.17) is 4.42 Å². The van der Waals surface area contributed by atoms with Crippen LogP contribution in [0.4, 0.5) is 0 Å². The summed E-state index contributed by atoms with van der Waals surface area (Å²) in [5, 5.41) is 7.62. The van der Waals surface area contributed by atoms with Crippen LogP contribution in [0.1, 0.15) is 41.3 Å². The van der Waals surface area contributed by atoms with Crippen LogP contribution in [0.5, 0.6) is 0 Å². The molecule has 1 aromatic carbocycles. The molecule has 1 fully saturated rings. The van der Waals surface area contributed by atoms with Gasteiger partial charge in [-0.15, -0.1) is 0 Å². The number of nitrogens with one attached hydrogen (secondary N) is 1. The van der Waals surface area contributed by atoms with Gasteiger partial charge in [0.1, 0.15) is 30.2 Å². The molecule has 1 saturated carbocycles. The van der Waals surface area contributed by atoms with E-state index in [1.54, 1.807) is 17.0 Å². The van der Waals surface area contributed by atoms with Crippen LogP contribution < -0.4 is 5.32 Å². The minimum Gasteiger partial charge on any atom is -0.469 e. The van der Waals surface area contributed by atoms with Gasteiger partial charge in [0.2, 0.25) is 0 Å². The van der Waals surface area contributed by atoms with Crippen molar-refractivity contribution in [1.82, 2.24) is 20.1 Å². The number of carbonyl (C=O) groups excluding carboxylic acids is 2. The Bertz CT molecular complexity index is 997. The summed E-state index contributed by atoms with van der Waals surface area (Å²) in [5.41, 5.74) is 2.23. The van der Waals surface area contributed by atoms with Gasteiger partial charge < -0.3 is 9.73 Å². The highest BCUT2D eigenvalue weighted by Gasteiger charge is 2.50. The van der Waals surface area contributed by atoms with Gasteiger partial charge in [0.15, 0.2) is 5.78 Å². The summed E-state index contributed by atoms with van der Waals surface area (Å²) in [6, 6.07) is 10.7. The van der Waals surface area contributed by atoms with Crippen molar-refractivity contribution in [1.29, 1.82) is 0 Å². The number of Topliss-reactive ketones (excluding diaryl/α,β-unsaturated/α-hetero) is 2. The molecule has 7 nitrogen and oxygen atoms in total. The Hall–Kier alpha value is -3.06. The normalized spacial score (nSPS) is 27.6. The molecule has 0 bridgehead atoms. The molecule has 0 spiro atoms. The van der Waals surface area contributed by atoms with Crippen molar-refractivity contribution in [2.24, 2.45) is 5.92 Å². The lowest BCUT2D eigenvalue weighted by Gasteiger charge is -2.38. The number of hydrogen-bond donors (Lipinski definition) is 1. The lowest BCUT2D eigenvalue weighted by atomic mass is 9.70. The van der Waals surface area contributed by atoms with E-state index in [0.29, 0.717) is 5.76 Å². The predicted molar refractivity (Wildman–Crippen MR) is 99.5 cm³/mol. The third-order valence-electron chi connectivity index (χ3n) is 5.86. The first-order valence-corrected chi connectivity index (χ1v) is 9.49. The quantitative estimate of drug-likeness (QED) is 0.705. The van der Waals surface area contributed by atoms with Gasteiger partial charge in [-0.2, -0.15) is 5.10 Å². The van der Waals surface area contributed by atoms with Crippen molar-refractivity contribution in [3.05, 3.63) is 72.2 Å². The molecule has 2 aromatic heterocycles. The van der Waals surface area contributed by atoms with Crippen molar-refractivity contribution in [2.75, 3.05) is 6.54 Å². The standard InChI is InChI=1S/C21H20N4O3/c26-16-10-15(17-6-3-9-28-17)20(25-12-22-11-24-25)21(27)18(16)19-14-5-2-1-4-13(14)7-8-23-19/h1-6,9,11-12,15,18-20,23H,7-8,10H2/t15-,18+,19-,20+/m1/s1. The average molecular weight is 376 g/mol. The number of ketones is 2. The SMILES string of the molecule is O=C1C[C@H](c2ccco2)[C@H](n2cncn2)C(=O)[C@@H]1[C@@H]1NCCc2ccccc21. The fraction of sp³-hybridized carbons (Fsp3) is 0.333. The number of rotatable bonds is 3. The number of benzene rings is 1. The lowest BCUT2D eigenvalue weighted by molar-refractivity contribution is -0.141. The Morgan fingerprint density at radius 1 is 1.14 bits per heavy atom. The highest BCUT2D eigenvalue weighted by atomic mass is 16.3. The minimum absolute atomic E-state index is 0.0584. The fourth-order valence-corrected chi connectivity index (χ4v) is 4.62. The van der Waals surface area contributed by atoms with E-state index < -0.39 is 12.0 Å². The Kier molecular flexibility index (Phi) is 4.16. The summed E-state index contributed by atoms with van der Waals surface area (Å²) in [5.74, 6) is -0.708. The predicted octanol–water partition coefficient (Wildman–Crippen LogP) is 2.24. The number of carbonyl (C=O) groups is 2. The summed E-state index contributed by atoms with van der Waals surface area (Å²) < 4.78 is 7.11. The largest absolute Gasteiger partial charge is 0.469 e. The highest BCUT2D eigenvalue weighted by molar-refractivity contribution is 6.08. The van der Waals surface area contributed by atoms with Gasteiger partial charge in [0, 0.05) is 12.5 Å². The number of fused-ring (bicyclic) bond motifs is 1. The maximum Gasteiger partial charge on any atom is 0.170 e. The Morgan fingerprint density at radius 3 is 2.82 bits per heavy atom. The van der Waals surface area contributed by atoms with Crippen molar-refractivity contribution in [3.8, 4) is 0 Å². The fourth-order valence-electron chi connectivity index (χ4n) is 4.62. The van der Waals surface area contributed by atoms with Gasteiger partial charge in [0.25, 0.3) is 0 Å². The molecule has 5 rings (SSSR count). The molecule has 4 atom stereocenters. The summed E-state index contributed by atoms with van der Waals surface area (Å²) in [6.07, 6.45) is 5.63. The lowest BCUT2D eigenvalue weighted by Crippen LogP contribution is -2.48. The van der Waals surface area contributed by atoms with E-state index in [9.17, 15) is 9.59 Å². The van der Waals surface area contributed by atoms with Crippen LogP contribution in [-0.2, 0) is 16.0 Å². The van der Waals surface area contributed by atoms with E-state index in [2.05, 4.69) is 21.5 Å². The molecule has 28 heavy (non-hydrogen) atoms. The maximum atomic E-state index is 13.7. The summed E-state index contributed by atoms with van der Waals surface area (Å²) in [6.45, 7) is 0.744. The molecule has 0 unspecified atom stereocenters. The zero-order valence-corrected chi connectivity index (χ0v) is 15.2. The Balaban J connectivity index is 1.56. The molecule has 3 aromatic rings. The third-order valence-corrected chi connectivity index (χ3v) is 5.86. The summed E-state index contributed by atoms with van der Waals surface area (Å²) in [7, 11) is 0. The molecule has 1 aliphatic carbocycles. The first-order valence-electron chi connectivity index (χ1n) is 9.49. The van der Waals surface area contributed by atoms with Crippen LogP contribution >= 0.6 is 0 Å². The molecular formula is C21H20N4O3. The second-order valence-corrected chi connectivity index (χ2v) is 7.37. The second-order valence-electron chi connectivity index (χ2n) is 7.37. The Labute approximate surface area is 161 Å². The molecule has 1 aliphatic heterocycles. The van der Waals surface area contributed by atoms with Crippen LogP contribution in [0, 0.1) is 5.92 Å². The molecule has 142 valence electrons. The highest BCUT2D eigenvalue weighted by Crippen LogP contribution is 2.44. The molecule has 3 heterocycles. The zero-order chi connectivity index (χ0) is 19.1. The van der Waals surface area contributed by atoms with Crippen molar-refractivity contribution >= 4 is 11.6 Å². The first-order chi connectivity index (χ1) is 13.7. The molecule has 1 N–H and O–H groups in total. The molecule has 0 radical (unpaired) electrons. The second kappa shape index (κ2) is 6.83. The van der Waals surface area contributed by atoms with Gasteiger partial charge in [-0.1, -0.05) is 24.3 Å². The van der Waals surface area contributed by atoms with Crippen LogP contribution in [0.2, 0.25) is 0 Å². The van der Waals surface area contributed by atoms with Crippen LogP contribution in [0.15, 0.2) is 59.7 Å². The number of nitrogens with zero attached hydrogens (tertiary/aromatic N) is 3. The number of furan rings is 1. The third kappa shape index (κ3) is 2.70. The van der Waals surface area contributed by atoms with Crippen LogP contribution in [0.3, 0.4) is 0 Å². The topological polar surface area (TPSA) is 90.0 Å². The number of aromatic nitrogens is 3. The average Bonchev–Trinajstić information content (AvgIpc) is 3.42. The van der Waals surface area contributed by atoms with E-state index in [1.807, 2.05) is 24.3 Å². The van der Waals surface area contributed by atoms with E-state index >= 15 is 0 Å². The molecule has 2 aliphatic rings. The summed E-state index contributed by atoms with van der Waals surface area (Å²) in [4.78, 5) is 30.9. The molecule has 0 amide bonds. The Morgan fingerprint density at radius 2 is 2.04 bits per heavy atom. The van der Waals surface area contributed by atoms with E-state index in [-0.39, 0.29) is 29.9 Å². The molecule has 0 saturated heterocycles. The molecule has 7 heteroatoms. The van der Waals surface area contributed by atoms with Gasteiger partial charge in [-0.05, 0) is 36.2 Å². The first kappa shape index (κ1) is 17.1. The monoisotopic (exact) mass is 376 g/mol. The summed E-state index contributed by atoms with van der Waals surface area (Å²) >= 11 is 0. The van der Waals surface area contributed by atoms with Crippen molar-refractivity contribution in [3.63, 3.8) is 0 Å². The smallest absolute Gasteiger partial charge is 0.170 e. The zero-order valence-electron chi connectivity index (χ0n) is 15.2. The van der Waals surface area contributed by atoms with Gasteiger partial charge in [-0.25, -0.2) is 9.67 Å². The van der Waals surface area contributed by atoms with Gasteiger partial charge in [-0.3, -0.25) is 9.59 Å². The number of hydrogen-bond acceptors (Lipinski definition) is 6. The van der Waals surface area contributed by atoms with Crippen molar-refractivity contribution < 1.29 is 14.0 Å². The minimum atomic E-state index is -0.748.